The predicted molar refractivity (Wildman–Crippen MR) is 108 cm³/mol. The predicted octanol–water partition coefficient (Wildman–Crippen LogP) is 4.32. The Bertz CT molecular complexity index is 573. The van der Waals surface area contributed by atoms with Crippen molar-refractivity contribution < 1.29 is 0 Å². The smallest absolute Gasteiger partial charge is 0.191 e. The molecule has 3 nitrogen and oxygen atoms in total. The number of aliphatic imine (C=N–C) groups is 1. The molecule has 6 heteroatoms. The second-order valence-corrected chi connectivity index (χ2v) is 6.07. The van der Waals surface area contributed by atoms with Gasteiger partial charge >= 0.3 is 0 Å². The van der Waals surface area contributed by atoms with Gasteiger partial charge in [-0.1, -0.05) is 35.9 Å². The highest BCUT2D eigenvalue weighted by Crippen LogP contribution is 2.16. The van der Waals surface area contributed by atoms with Gasteiger partial charge in [0.2, 0.25) is 0 Å². The maximum atomic E-state index is 6.14. The van der Waals surface area contributed by atoms with Crippen molar-refractivity contribution >= 4 is 52.9 Å². The Morgan fingerprint density at radius 2 is 2.00 bits per heavy atom. The van der Waals surface area contributed by atoms with E-state index in [1.807, 2.05) is 18.2 Å². The number of nitrogens with zero attached hydrogens (tertiary/aromatic N) is 1. The normalized spacial score (nSPS) is 10.9. The molecule has 0 unspecified atom stereocenters. The number of nitrogens with one attached hydrogen (secondary N) is 2. The van der Waals surface area contributed by atoms with Gasteiger partial charge in [-0.25, -0.2) is 0 Å². The van der Waals surface area contributed by atoms with Crippen LogP contribution in [0.1, 0.15) is 16.9 Å². The van der Waals surface area contributed by atoms with Crippen LogP contribution in [0.3, 0.4) is 0 Å². The van der Waals surface area contributed by atoms with Crippen LogP contribution in [0, 0.1) is 0 Å². The molecule has 2 rings (SSSR count). The molecule has 0 radical (unpaired) electrons. The third kappa shape index (κ3) is 6.54. The van der Waals surface area contributed by atoms with E-state index < -0.39 is 0 Å². The molecule has 1 heterocycles. The van der Waals surface area contributed by atoms with Crippen molar-refractivity contribution in [3.05, 3.63) is 57.2 Å². The molecule has 0 saturated carbocycles. The topological polar surface area (TPSA) is 36.4 Å². The fraction of sp³-hybridized carbons (Fsp3) is 0.312. The highest BCUT2D eigenvalue weighted by atomic mass is 127. The Hall–Kier alpha value is -0.790. The lowest BCUT2D eigenvalue weighted by atomic mass is 10.1. The van der Waals surface area contributed by atoms with E-state index in [4.69, 9.17) is 11.6 Å². The van der Waals surface area contributed by atoms with Gasteiger partial charge in [-0.3, -0.25) is 4.99 Å². The van der Waals surface area contributed by atoms with E-state index in [1.165, 1.54) is 10.4 Å². The zero-order valence-electron chi connectivity index (χ0n) is 12.5. The Morgan fingerprint density at radius 1 is 1.18 bits per heavy atom. The molecule has 22 heavy (non-hydrogen) atoms. The van der Waals surface area contributed by atoms with E-state index in [0.717, 1.165) is 36.9 Å². The van der Waals surface area contributed by atoms with Gasteiger partial charge in [-0.05, 0) is 35.9 Å². The molecule has 0 saturated heterocycles. The van der Waals surface area contributed by atoms with E-state index in [0.29, 0.717) is 0 Å². The molecule has 2 aromatic rings. The van der Waals surface area contributed by atoms with Gasteiger partial charge in [0.1, 0.15) is 0 Å². The molecule has 0 aliphatic heterocycles. The molecule has 0 atom stereocenters. The standard InChI is InChI=1S/C16H20ClN3S.HI/c1-18-16(20-12-14-8-5-11-21-14)19-10-4-7-13-6-2-3-9-15(13)17;/h2-3,5-6,8-9,11H,4,7,10,12H2,1H3,(H2,18,19,20);1H. The number of hydrogen-bond acceptors (Lipinski definition) is 2. The number of guanidine groups is 1. The van der Waals surface area contributed by atoms with E-state index in [1.54, 1.807) is 18.4 Å². The first-order valence-electron chi connectivity index (χ1n) is 7.00. The fourth-order valence-electron chi connectivity index (χ4n) is 1.99. The van der Waals surface area contributed by atoms with E-state index in [-0.39, 0.29) is 24.0 Å². The quantitative estimate of drug-likeness (QED) is 0.298. The minimum Gasteiger partial charge on any atom is -0.356 e. The lowest BCUT2D eigenvalue weighted by Crippen LogP contribution is -2.37. The Labute approximate surface area is 158 Å². The van der Waals surface area contributed by atoms with Gasteiger partial charge in [0, 0.05) is 23.5 Å². The minimum atomic E-state index is 0. The molecule has 0 aliphatic rings. The number of aryl methyl sites for hydroxylation is 1. The zero-order chi connectivity index (χ0) is 14.9. The first kappa shape index (κ1) is 19.3. The van der Waals surface area contributed by atoms with Gasteiger partial charge in [0.15, 0.2) is 5.96 Å². The van der Waals surface area contributed by atoms with Crippen molar-refractivity contribution in [3.63, 3.8) is 0 Å². The molecule has 1 aromatic heterocycles. The van der Waals surface area contributed by atoms with Gasteiger partial charge in [0.25, 0.3) is 0 Å². The maximum absolute atomic E-state index is 6.14. The molecule has 0 aliphatic carbocycles. The Morgan fingerprint density at radius 3 is 2.68 bits per heavy atom. The summed E-state index contributed by atoms with van der Waals surface area (Å²) in [5.74, 6) is 0.836. The van der Waals surface area contributed by atoms with Crippen LogP contribution in [0.15, 0.2) is 46.8 Å². The number of benzene rings is 1. The summed E-state index contributed by atoms with van der Waals surface area (Å²) in [7, 11) is 1.79. The second-order valence-electron chi connectivity index (χ2n) is 4.63. The number of hydrogen-bond donors (Lipinski definition) is 2. The second kappa shape index (κ2) is 10.9. The number of halogens is 2. The van der Waals surface area contributed by atoms with Gasteiger partial charge in [-0.15, -0.1) is 35.3 Å². The monoisotopic (exact) mass is 449 g/mol. The molecule has 0 bridgehead atoms. The summed E-state index contributed by atoms with van der Waals surface area (Å²) in [4.78, 5) is 5.52. The molecule has 1 aromatic carbocycles. The third-order valence-corrected chi connectivity index (χ3v) is 4.35. The summed E-state index contributed by atoms with van der Waals surface area (Å²) in [5, 5.41) is 9.55. The summed E-state index contributed by atoms with van der Waals surface area (Å²) in [6, 6.07) is 12.2. The van der Waals surface area contributed by atoms with Crippen molar-refractivity contribution in [1.29, 1.82) is 0 Å². The van der Waals surface area contributed by atoms with Crippen molar-refractivity contribution in [2.45, 2.75) is 19.4 Å². The largest absolute Gasteiger partial charge is 0.356 e. The lowest BCUT2D eigenvalue weighted by Gasteiger charge is -2.11. The van der Waals surface area contributed by atoms with Crippen molar-refractivity contribution in [2.75, 3.05) is 13.6 Å². The van der Waals surface area contributed by atoms with Crippen LogP contribution in [0.25, 0.3) is 0 Å². The average Bonchev–Trinajstić information content (AvgIpc) is 3.01. The average molecular weight is 450 g/mol. The van der Waals surface area contributed by atoms with Gasteiger partial charge in [0.05, 0.1) is 6.54 Å². The van der Waals surface area contributed by atoms with Crippen LogP contribution < -0.4 is 10.6 Å². The lowest BCUT2D eigenvalue weighted by molar-refractivity contribution is 0.744. The number of thiophene rings is 1. The summed E-state index contributed by atoms with van der Waals surface area (Å²) in [6.07, 6.45) is 1.98. The molecule has 0 amide bonds. The van der Waals surface area contributed by atoms with Crippen molar-refractivity contribution in [2.24, 2.45) is 4.99 Å². The van der Waals surface area contributed by atoms with Crippen LogP contribution in [0.2, 0.25) is 5.02 Å². The fourth-order valence-corrected chi connectivity index (χ4v) is 2.87. The van der Waals surface area contributed by atoms with Gasteiger partial charge in [-0.2, -0.15) is 0 Å². The summed E-state index contributed by atoms with van der Waals surface area (Å²) < 4.78 is 0. The van der Waals surface area contributed by atoms with Crippen LogP contribution in [0.4, 0.5) is 0 Å². The molecular formula is C16H21ClIN3S. The molecular weight excluding hydrogens is 429 g/mol. The highest BCUT2D eigenvalue weighted by Gasteiger charge is 2.01. The summed E-state index contributed by atoms with van der Waals surface area (Å²) >= 11 is 7.89. The number of rotatable bonds is 6. The molecule has 0 fully saturated rings. The van der Waals surface area contributed by atoms with Crippen LogP contribution in [-0.4, -0.2) is 19.6 Å². The summed E-state index contributed by atoms with van der Waals surface area (Å²) in [6.45, 7) is 1.68. The zero-order valence-corrected chi connectivity index (χ0v) is 16.4. The van der Waals surface area contributed by atoms with Crippen molar-refractivity contribution in [3.8, 4) is 0 Å². The first-order valence-corrected chi connectivity index (χ1v) is 8.25. The van der Waals surface area contributed by atoms with Gasteiger partial charge < -0.3 is 10.6 Å². The van der Waals surface area contributed by atoms with Crippen LogP contribution >= 0.6 is 46.9 Å². The van der Waals surface area contributed by atoms with Crippen molar-refractivity contribution in [1.82, 2.24) is 10.6 Å². The molecule has 2 N–H and O–H groups in total. The molecule has 120 valence electrons. The highest BCUT2D eigenvalue weighted by molar-refractivity contribution is 14.0. The summed E-state index contributed by atoms with van der Waals surface area (Å²) in [5.41, 5.74) is 1.20. The van der Waals surface area contributed by atoms with E-state index >= 15 is 0 Å². The maximum Gasteiger partial charge on any atom is 0.191 e. The Balaban J connectivity index is 0.00000242. The van der Waals surface area contributed by atoms with E-state index in [2.05, 4.69) is 39.2 Å². The third-order valence-electron chi connectivity index (χ3n) is 3.11. The molecule has 0 spiro atoms. The Kier molecular flexibility index (Phi) is 9.50. The van der Waals surface area contributed by atoms with E-state index in [9.17, 15) is 0 Å². The first-order chi connectivity index (χ1) is 10.3. The van der Waals surface area contributed by atoms with Crippen LogP contribution in [-0.2, 0) is 13.0 Å². The van der Waals surface area contributed by atoms with Crippen LogP contribution in [0.5, 0.6) is 0 Å². The minimum absolute atomic E-state index is 0. The SMILES string of the molecule is CN=C(NCCCc1ccccc1Cl)NCc1cccs1.I.